The number of aliphatic hydroxyl groups is 2. The highest BCUT2D eigenvalue weighted by molar-refractivity contribution is 5.23. The zero-order valence-corrected chi connectivity index (χ0v) is 10.1. The van der Waals surface area contributed by atoms with Crippen LogP contribution in [0.25, 0.3) is 0 Å². The second-order valence-electron chi connectivity index (χ2n) is 4.71. The number of nitrogens with one attached hydrogen (secondary N) is 1. The third-order valence-electron chi connectivity index (χ3n) is 3.14. The van der Waals surface area contributed by atoms with E-state index >= 15 is 0 Å². The van der Waals surface area contributed by atoms with Crippen molar-refractivity contribution >= 4 is 0 Å². The van der Waals surface area contributed by atoms with E-state index in [2.05, 4.69) is 5.32 Å². The van der Waals surface area contributed by atoms with Gasteiger partial charge >= 0.3 is 0 Å². The molecule has 4 nitrogen and oxygen atoms in total. The Hall–Kier alpha value is -1.17. The third kappa shape index (κ3) is 3.41. The molecule has 0 heterocycles. The molecule has 100 valence electrons. The van der Waals surface area contributed by atoms with Crippen LogP contribution in [0.1, 0.15) is 12.8 Å². The van der Waals surface area contributed by atoms with E-state index in [0.717, 1.165) is 12.8 Å². The number of hydrogen-bond acceptors (Lipinski definition) is 4. The summed E-state index contributed by atoms with van der Waals surface area (Å²) in [6.07, 6.45) is 1.11. The Bertz CT molecular complexity index is 396. The quantitative estimate of drug-likeness (QED) is 0.670. The standard InChI is InChI=1S/C13H18FNO3/c14-11-3-1-2-4-12(11)18-8-10(17)7-15-13(9-16)5-6-13/h1-4,10,15-17H,5-9H2. The van der Waals surface area contributed by atoms with Crippen LogP contribution in [-0.4, -0.2) is 41.6 Å². The van der Waals surface area contributed by atoms with Crippen LogP contribution in [0.4, 0.5) is 4.39 Å². The second-order valence-corrected chi connectivity index (χ2v) is 4.71. The topological polar surface area (TPSA) is 61.7 Å². The van der Waals surface area contributed by atoms with Crippen molar-refractivity contribution in [2.75, 3.05) is 19.8 Å². The Kier molecular flexibility index (Phi) is 4.16. The summed E-state index contributed by atoms with van der Waals surface area (Å²) in [4.78, 5) is 0. The van der Waals surface area contributed by atoms with Crippen LogP contribution in [0.15, 0.2) is 24.3 Å². The van der Waals surface area contributed by atoms with Gasteiger partial charge in [-0.3, -0.25) is 0 Å². The molecule has 18 heavy (non-hydrogen) atoms. The number of ether oxygens (including phenoxy) is 1. The Balaban J connectivity index is 1.72. The Labute approximate surface area is 105 Å². The molecule has 1 saturated carbocycles. The van der Waals surface area contributed by atoms with Crippen LogP contribution in [-0.2, 0) is 0 Å². The minimum absolute atomic E-state index is 0.0233. The lowest BCUT2D eigenvalue weighted by Gasteiger charge is -2.18. The maximum atomic E-state index is 13.2. The van der Waals surface area contributed by atoms with E-state index in [4.69, 9.17) is 9.84 Å². The predicted molar refractivity (Wildman–Crippen MR) is 65.0 cm³/mol. The van der Waals surface area contributed by atoms with Gasteiger partial charge in [0.05, 0.1) is 6.61 Å². The number of para-hydroxylation sites is 1. The van der Waals surface area contributed by atoms with Gasteiger partial charge in [-0.2, -0.15) is 0 Å². The van der Waals surface area contributed by atoms with E-state index in [0.29, 0.717) is 6.54 Å². The van der Waals surface area contributed by atoms with Gasteiger partial charge in [-0.05, 0) is 25.0 Å². The van der Waals surface area contributed by atoms with Gasteiger partial charge in [0.2, 0.25) is 0 Å². The van der Waals surface area contributed by atoms with Crippen molar-refractivity contribution in [2.45, 2.75) is 24.5 Å². The second kappa shape index (κ2) is 5.65. The highest BCUT2D eigenvalue weighted by Gasteiger charge is 2.41. The highest BCUT2D eigenvalue weighted by Crippen LogP contribution is 2.34. The van der Waals surface area contributed by atoms with E-state index in [9.17, 15) is 9.50 Å². The lowest BCUT2D eigenvalue weighted by Crippen LogP contribution is -2.41. The number of halogens is 1. The summed E-state index contributed by atoms with van der Waals surface area (Å²) in [6, 6.07) is 6.09. The molecule has 1 aliphatic carbocycles. The Morgan fingerprint density at radius 3 is 2.72 bits per heavy atom. The number of aliphatic hydroxyl groups excluding tert-OH is 2. The fourth-order valence-electron chi connectivity index (χ4n) is 1.68. The lowest BCUT2D eigenvalue weighted by atomic mass is 10.2. The molecule has 0 amide bonds. The van der Waals surface area contributed by atoms with E-state index in [1.165, 1.54) is 12.1 Å². The van der Waals surface area contributed by atoms with Gasteiger partial charge in [-0.15, -0.1) is 0 Å². The monoisotopic (exact) mass is 255 g/mol. The van der Waals surface area contributed by atoms with Gasteiger partial charge in [0, 0.05) is 12.1 Å². The molecule has 1 unspecified atom stereocenters. The summed E-state index contributed by atoms with van der Waals surface area (Å²) in [6.45, 7) is 0.429. The number of benzene rings is 1. The van der Waals surface area contributed by atoms with Crippen molar-refractivity contribution in [3.05, 3.63) is 30.1 Å². The Morgan fingerprint density at radius 1 is 1.39 bits per heavy atom. The van der Waals surface area contributed by atoms with Crippen LogP contribution in [0.3, 0.4) is 0 Å². The van der Waals surface area contributed by atoms with Gasteiger partial charge in [0.25, 0.3) is 0 Å². The maximum Gasteiger partial charge on any atom is 0.165 e. The molecule has 3 N–H and O–H groups in total. The molecular weight excluding hydrogens is 237 g/mol. The van der Waals surface area contributed by atoms with Crippen LogP contribution in [0, 0.1) is 5.82 Å². The van der Waals surface area contributed by atoms with Crippen LogP contribution >= 0.6 is 0 Å². The molecular formula is C13H18FNO3. The van der Waals surface area contributed by atoms with E-state index in [1.54, 1.807) is 12.1 Å². The zero-order valence-electron chi connectivity index (χ0n) is 10.1. The van der Waals surface area contributed by atoms with E-state index < -0.39 is 11.9 Å². The number of β-amino-alcohol motifs (C(OH)–C–C–N with tert-alkyl or cyclic N) is 1. The average molecular weight is 255 g/mol. The summed E-state index contributed by atoms with van der Waals surface area (Å²) >= 11 is 0. The molecule has 1 aliphatic rings. The number of hydrogen-bond donors (Lipinski definition) is 3. The van der Waals surface area contributed by atoms with Gasteiger partial charge in [0.1, 0.15) is 12.7 Å². The molecule has 1 atom stereocenters. The molecule has 5 heteroatoms. The van der Waals surface area contributed by atoms with Crippen molar-refractivity contribution in [1.82, 2.24) is 5.32 Å². The normalized spacial score (nSPS) is 18.4. The minimum Gasteiger partial charge on any atom is -0.488 e. The first-order valence-corrected chi connectivity index (χ1v) is 6.06. The third-order valence-corrected chi connectivity index (χ3v) is 3.14. The highest BCUT2D eigenvalue weighted by atomic mass is 19.1. The summed E-state index contributed by atoms with van der Waals surface area (Å²) < 4.78 is 18.4. The van der Waals surface area contributed by atoms with Crippen molar-refractivity contribution < 1.29 is 19.3 Å². The number of rotatable bonds is 7. The minimum atomic E-state index is -0.728. The van der Waals surface area contributed by atoms with Gasteiger partial charge < -0.3 is 20.3 Å². The predicted octanol–water partition coefficient (Wildman–Crippen LogP) is 0.680. The summed E-state index contributed by atoms with van der Waals surface area (Å²) in [5.74, 6) is -0.300. The summed E-state index contributed by atoms with van der Waals surface area (Å²) in [7, 11) is 0. The van der Waals surface area contributed by atoms with E-state index in [1.807, 2.05) is 0 Å². The van der Waals surface area contributed by atoms with Crippen LogP contribution < -0.4 is 10.1 Å². The fourth-order valence-corrected chi connectivity index (χ4v) is 1.68. The van der Waals surface area contributed by atoms with E-state index in [-0.39, 0.29) is 24.5 Å². The van der Waals surface area contributed by atoms with Gasteiger partial charge in [0.15, 0.2) is 11.6 Å². The Morgan fingerprint density at radius 2 is 2.11 bits per heavy atom. The molecule has 1 aromatic carbocycles. The molecule has 1 aromatic rings. The lowest BCUT2D eigenvalue weighted by molar-refractivity contribution is 0.0959. The smallest absolute Gasteiger partial charge is 0.165 e. The molecule has 0 radical (unpaired) electrons. The first-order chi connectivity index (χ1) is 8.65. The van der Waals surface area contributed by atoms with Gasteiger partial charge in [-0.25, -0.2) is 4.39 Å². The SMILES string of the molecule is OCC1(NCC(O)COc2ccccc2F)CC1. The molecule has 0 aliphatic heterocycles. The molecule has 0 spiro atoms. The first kappa shape index (κ1) is 13.3. The van der Waals surface area contributed by atoms with Crippen molar-refractivity contribution in [3.63, 3.8) is 0 Å². The largest absolute Gasteiger partial charge is 0.488 e. The summed E-state index contributed by atoms with van der Waals surface area (Å²) in [5, 5.41) is 21.9. The molecule has 1 fully saturated rings. The van der Waals surface area contributed by atoms with Gasteiger partial charge in [-0.1, -0.05) is 12.1 Å². The summed E-state index contributed by atoms with van der Waals surface area (Å²) in [5.41, 5.74) is -0.209. The van der Waals surface area contributed by atoms with Crippen LogP contribution in [0.2, 0.25) is 0 Å². The maximum absolute atomic E-state index is 13.2. The molecule has 0 saturated heterocycles. The molecule has 0 aromatic heterocycles. The van der Waals surface area contributed by atoms with Crippen molar-refractivity contribution in [1.29, 1.82) is 0 Å². The zero-order chi connectivity index (χ0) is 13.0. The molecule has 2 rings (SSSR count). The van der Waals surface area contributed by atoms with Crippen molar-refractivity contribution in [2.24, 2.45) is 0 Å². The van der Waals surface area contributed by atoms with Crippen molar-refractivity contribution in [3.8, 4) is 5.75 Å². The fraction of sp³-hybridized carbons (Fsp3) is 0.538. The molecule has 0 bridgehead atoms. The average Bonchev–Trinajstić information content (AvgIpc) is 3.16. The van der Waals surface area contributed by atoms with Crippen LogP contribution in [0.5, 0.6) is 5.75 Å². The first-order valence-electron chi connectivity index (χ1n) is 6.06.